The summed E-state index contributed by atoms with van der Waals surface area (Å²) in [6, 6.07) is 29.0. The Morgan fingerprint density at radius 3 is 1.33 bits per heavy atom. The first kappa shape index (κ1) is 96.9. The third-order valence-corrected chi connectivity index (χ3v) is 26.7. The number of rotatable bonds is 19. The number of carbonyl (C=O) groups is 9. The Morgan fingerprint density at radius 2 is 0.843 bits per heavy atom. The number of ether oxygens (including phenoxy) is 4. The summed E-state index contributed by atoms with van der Waals surface area (Å²) < 4.78 is 21.5. The molecule has 0 bridgehead atoms. The second kappa shape index (κ2) is 45.0. The number of carbonyl (C=O) groups excluding carboxylic acids is 9. The molecule has 22 heteroatoms. The molecule has 14 atom stereocenters. The van der Waals surface area contributed by atoms with Gasteiger partial charge in [-0.15, -0.1) is 64.7 Å². The first-order valence-corrected chi connectivity index (χ1v) is 42.1. The van der Waals surface area contributed by atoms with E-state index in [2.05, 4.69) is 56.3 Å². The van der Waals surface area contributed by atoms with Crippen molar-refractivity contribution >= 4 is 81.6 Å². The maximum atomic E-state index is 12.3. The molecule has 4 aromatic rings. The Balaban J connectivity index is 0.000000183. The fraction of sp³-hybridized carbons (Fsp3) is 0.624. The van der Waals surface area contributed by atoms with Crippen LogP contribution in [0.2, 0.25) is 0 Å². The summed E-state index contributed by atoms with van der Waals surface area (Å²) in [5, 5.41) is 11.4. The summed E-state index contributed by atoms with van der Waals surface area (Å²) in [6.07, 6.45) is 32.7. The number of benzene rings is 4. The topological polar surface area (TPSA) is 224 Å². The van der Waals surface area contributed by atoms with Crippen molar-refractivity contribution in [3.63, 3.8) is 0 Å². The van der Waals surface area contributed by atoms with Crippen molar-refractivity contribution in [2.45, 2.75) is 297 Å². The number of amides is 4. The molecule has 7 saturated carbocycles. The van der Waals surface area contributed by atoms with Crippen LogP contribution in [0.4, 0.5) is 41.9 Å². The molecule has 4 heterocycles. The minimum atomic E-state index is -0.802. The molecular weight excluding hydrogens is 1750 g/mol. The minimum Gasteiger partial charge on any atom is -0.445 e. The quantitative estimate of drug-likeness (QED) is 0.0681. The van der Waals surface area contributed by atoms with Crippen molar-refractivity contribution in [3.8, 4) is 0 Å². The van der Waals surface area contributed by atoms with Gasteiger partial charge >= 0.3 is 24.4 Å². The van der Waals surface area contributed by atoms with Gasteiger partial charge in [-0.2, -0.15) is 64.2 Å². The molecular formula is C93H120N4O14Y4-4. The van der Waals surface area contributed by atoms with Crippen molar-refractivity contribution in [3.05, 3.63) is 123 Å². The van der Waals surface area contributed by atoms with Gasteiger partial charge in [0.15, 0.2) is 0 Å². The number of cyclic esters (lactones) is 4. The number of fused-ring (bicyclic) bond motifs is 4. The molecule has 4 aliphatic heterocycles. The van der Waals surface area contributed by atoms with Crippen molar-refractivity contribution < 1.29 is 198 Å². The number of Topliss-reactive ketones (excluding diaryl/α,β-unsaturated/α-hetero) is 5. The molecule has 8 aliphatic carbocycles. The van der Waals surface area contributed by atoms with Gasteiger partial charge in [-0.3, -0.25) is 4.79 Å². The largest absolute Gasteiger partial charge is 0.445 e. The van der Waals surface area contributed by atoms with Gasteiger partial charge in [0.05, 0.1) is 31.8 Å². The summed E-state index contributed by atoms with van der Waals surface area (Å²) in [7, 11) is 0. The van der Waals surface area contributed by atoms with Crippen LogP contribution in [0.3, 0.4) is 0 Å². The second-order valence-electron chi connectivity index (χ2n) is 34.9. The Morgan fingerprint density at radius 1 is 0.435 bits per heavy atom. The molecule has 0 spiro atoms. The van der Waals surface area contributed by atoms with Crippen LogP contribution in [0.1, 0.15) is 277 Å². The number of ketones is 5. The number of nitrogens with zero attached hydrogens (tertiary/aromatic N) is 4. The van der Waals surface area contributed by atoms with E-state index in [9.17, 15) is 48.3 Å². The molecule has 16 rings (SSSR count). The summed E-state index contributed by atoms with van der Waals surface area (Å²) in [5.41, 5.74) is 12.8. The van der Waals surface area contributed by atoms with E-state index in [0.717, 1.165) is 131 Å². The fourth-order valence-electron chi connectivity index (χ4n) is 20.3. The van der Waals surface area contributed by atoms with E-state index in [0.29, 0.717) is 95.2 Å². The molecule has 612 valence electrons. The van der Waals surface area contributed by atoms with E-state index in [4.69, 9.17) is 18.9 Å². The van der Waals surface area contributed by atoms with Gasteiger partial charge in [0.1, 0.15) is 53.3 Å². The number of hydrogen-bond acceptors (Lipinski definition) is 14. The number of aliphatic hydroxyl groups is 1. The van der Waals surface area contributed by atoms with Crippen molar-refractivity contribution in [1.29, 1.82) is 0 Å². The van der Waals surface area contributed by atoms with E-state index in [1.54, 1.807) is 59.4 Å². The molecule has 11 fully saturated rings. The van der Waals surface area contributed by atoms with Crippen molar-refractivity contribution in [2.75, 3.05) is 45.8 Å². The number of hydrogen-bond donors (Lipinski definition) is 1. The molecule has 12 aliphatic rings. The van der Waals surface area contributed by atoms with E-state index in [1.165, 1.54) is 131 Å². The van der Waals surface area contributed by atoms with Gasteiger partial charge in [-0.05, 0) is 177 Å². The van der Waals surface area contributed by atoms with Crippen LogP contribution in [0.5, 0.6) is 0 Å². The van der Waals surface area contributed by atoms with Crippen LogP contribution in [-0.2, 0) is 179 Å². The second-order valence-corrected chi connectivity index (χ2v) is 34.9. The van der Waals surface area contributed by atoms with Crippen LogP contribution in [0.15, 0.2) is 54.6 Å². The molecule has 4 amide bonds. The van der Waals surface area contributed by atoms with E-state index in [-0.39, 0.29) is 203 Å². The van der Waals surface area contributed by atoms with E-state index in [1.807, 2.05) is 45.0 Å². The van der Waals surface area contributed by atoms with Gasteiger partial charge in [0, 0.05) is 169 Å². The zero-order valence-corrected chi connectivity index (χ0v) is 81.2. The normalized spacial score (nSPS) is 27.9. The molecule has 1 N–H and O–H groups in total. The summed E-state index contributed by atoms with van der Waals surface area (Å²) >= 11 is 0. The molecule has 4 radical (unpaired) electrons. The Hall–Kier alpha value is -3.57. The fourth-order valence-corrected chi connectivity index (χ4v) is 20.3. The Kier molecular flexibility index (Phi) is 37.9. The van der Waals surface area contributed by atoms with Gasteiger partial charge < -0.3 is 62.8 Å². The van der Waals surface area contributed by atoms with Gasteiger partial charge in [-0.25, -0.2) is 19.2 Å². The predicted molar refractivity (Wildman–Crippen MR) is 429 cm³/mol. The zero-order valence-electron chi connectivity index (χ0n) is 69.8. The van der Waals surface area contributed by atoms with Gasteiger partial charge in [0.2, 0.25) is 0 Å². The molecule has 4 saturated heterocycles. The summed E-state index contributed by atoms with van der Waals surface area (Å²) in [6.45, 7) is 18.4. The Bertz CT molecular complexity index is 4110. The standard InChI is InChI=1S/C23H30NO4.C23H30NO3.C23H28NO3.C15H18NO3.C9H14O.4Y/c1-15-12-19(24-14-20(28-22(24)26)8-6-16(2)25)7-9-21(15)23(27)11-10-17-4-3-5-18(17)13-23;2*1-15-12-20(24-14-21(27-23(24)26)10-6-16(2)25)9-11-22(15)19-8-7-17-4-3-5-18(17)13-19;1-10-4-6-13(8-11(10)2)16-9-14(19-15(16)18)7-5-12(3)17;10-9-5-4-7-2-1-3-8(7)6-9;;;;/h7,12,17-18,20,27H,3-6,8,10-11,13-14H2,1-2H3;9,12,17-19,21H,3-8,10,13-14H2,1-2H3;9,12-13,17-18,21H,3-8,10,14H2,1-2H3;6,8,14H,5,7,9H2,1-3H3;7-8H,1-6H2;;;;/q4*-1;;;;;/t17?,18?,20-,23?;17?,18?,19?,21-;17?,18?,21-;14-;;;;;/m0000...../s1. The average Bonchev–Trinajstić information content (AvgIpc) is 1.69. The van der Waals surface area contributed by atoms with E-state index < -0.39 is 5.60 Å². The number of allylic oxidation sites excluding steroid dienone is 2. The van der Waals surface area contributed by atoms with Crippen molar-refractivity contribution in [1.82, 2.24) is 0 Å². The zero-order chi connectivity index (χ0) is 78.8. The van der Waals surface area contributed by atoms with Crippen molar-refractivity contribution in [2.24, 2.45) is 47.3 Å². The van der Waals surface area contributed by atoms with E-state index >= 15 is 0 Å². The van der Waals surface area contributed by atoms with Crippen LogP contribution in [0, 0.1) is 106 Å². The third kappa shape index (κ3) is 25.8. The first-order chi connectivity index (χ1) is 53.2. The van der Waals surface area contributed by atoms with Crippen LogP contribution < -0.4 is 19.6 Å². The molecule has 4 aromatic carbocycles. The molecule has 0 aromatic heterocycles. The van der Waals surface area contributed by atoms with Crippen LogP contribution in [0.25, 0.3) is 5.57 Å². The monoisotopic (exact) mass is 1870 g/mol. The number of aryl methyl sites for hydroxylation is 5. The van der Waals surface area contributed by atoms with Gasteiger partial charge in [-0.1, -0.05) is 122 Å². The predicted octanol–water partition coefficient (Wildman–Crippen LogP) is 19.5. The number of anilines is 4. The van der Waals surface area contributed by atoms with Crippen LogP contribution >= 0.6 is 0 Å². The minimum absolute atomic E-state index is 0. The van der Waals surface area contributed by atoms with Crippen LogP contribution in [-0.4, -0.2) is 109 Å². The average molecular weight is 1870 g/mol. The maximum absolute atomic E-state index is 12.3. The van der Waals surface area contributed by atoms with Gasteiger partial charge in [0.25, 0.3) is 0 Å². The first-order valence-electron chi connectivity index (χ1n) is 42.1. The molecule has 10 unspecified atom stereocenters. The SMILES string of the molecule is CC(=O)CC[C@H]1CN(c2c[c-]c(C)c(C)c2)C(=O)O1.CC(=O)CC[C@H]1CN(c2c[c-]c(C3(O)CCC4CCCC4C3)c(C)c2)C(=O)O1.CC(=O)CC[C@H]1CN(c2c[c-]c(C3=CC4CCCC4CC3)c(C)c2)C(=O)O1.CC(=O)CC[C@H]1CN(c2c[c-]c(C3CCC4CCCC4C3)c(C)c2)C(=O)O1.O=C1CCC2CCCC2C1.[Y].[Y].[Y].[Y]. The molecule has 18 nitrogen and oxygen atoms in total. The maximum Gasteiger partial charge on any atom is 0.406 e. The summed E-state index contributed by atoms with van der Waals surface area (Å²) in [4.78, 5) is 111. The third-order valence-electron chi connectivity index (χ3n) is 26.7. The Labute approximate surface area is 784 Å². The summed E-state index contributed by atoms with van der Waals surface area (Å²) in [5.74, 6) is 8.26. The smallest absolute Gasteiger partial charge is 0.406 e. The molecule has 115 heavy (non-hydrogen) atoms.